The third-order valence-corrected chi connectivity index (χ3v) is 6.28. The molecule has 0 aliphatic carbocycles. The molecule has 0 aromatic heterocycles. The first-order valence-electron chi connectivity index (χ1n) is 7.49. The van der Waals surface area contributed by atoms with Crippen LogP contribution in [0.15, 0.2) is 0 Å². The smallest absolute Gasteiger partial charge is 0.104 e. The summed E-state index contributed by atoms with van der Waals surface area (Å²) in [6.07, 6.45) is 6.91. The number of hydrogen-bond donors (Lipinski definition) is 0. The van der Waals surface area contributed by atoms with Crippen molar-refractivity contribution in [3.05, 3.63) is 0 Å². The molecular formula is C14H25N2O2P. The average molecular weight is 284 g/mol. The highest BCUT2D eigenvalue weighted by atomic mass is 31.2. The Morgan fingerprint density at radius 1 is 1.42 bits per heavy atom. The fourth-order valence-corrected chi connectivity index (χ4v) is 5.27. The predicted molar refractivity (Wildman–Crippen MR) is 76.9 cm³/mol. The van der Waals surface area contributed by atoms with Gasteiger partial charge in [0, 0.05) is 25.9 Å². The summed E-state index contributed by atoms with van der Waals surface area (Å²) in [5.41, 5.74) is 0. The van der Waals surface area contributed by atoms with Crippen LogP contribution in [0, 0.1) is 17.2 Å². The van der Waals surface area contributed by atoms with Gasteiger partial charge in [-0.25, -0.2) is 0 Å². The number of nitrogens with zero attached hydrogens (tertiary/aromatic N) is 2. The van der Waals surface area contributed by atoms with E-state index in [1.54, 1.807) is 0 Å². The molecule has 0 bridgehead atoms. The van der Waals surface area contributed by atoms with E-state index in [1.807, 2.05) is 0 Å². The monoisotopic (exact) mass is 284 g/mol. The molecule has 2 fully saturated rings. The second kappa shape index (κ2) is 8.17. The minimum atomic E-state index is -0.515. The van der Waals surface area contributed by atoms with Crippen LogP contribution in [0.4, 0.5) is 0 Å². The van der Waals surface area contributed by atoms with Crippen LogP contribution >= 0.6 is 8.30 Å². The fraction of sp³-hybridized carbons (Fsp3) is 0.929. The summed E-state index contributed by atoms with van der Waals surface area (Å²) < 4.78 is 14.3. The van der Waals surface area contributed by atoms with E-state index in [2.05, 4.69) is 17.7 Å². The zero-order valence-corrected chi connectivity index (χ0v) is 12.8. The van der Waals surface area contributed by atoms with Crippen molar-refractivity contribution in [2.24, 2.45) is 5.92 Å². The molecule has 2 aliphatic rings. The lowest BCUT2D eigenvalue weighted by Crippen LogP contribution is -2.24. The summed E-state index contributed by atoms with van der Waals surface area (Å²) in [7, 11) is -0.515. The highest BCUT2D eigenvalue weighted by Crippen LogP contribution is 2.47. The Balaban J connectivity index is 1.86. The Morgan fingerprint density at radius 2 is 2.21 bits per heavy atom. The van der Waals surface area contributed by atoms with Crippen LogP contribution in [0.2, 0.25) is 0 Å². The third-order valence-electron chi connectivity index (χ3n) is 3.99. The standard InChI is InChI=1S/C14H25N2O2P/c1-2-14-13(6-11-17-14)12-19(18-10-5-7-15)16-8-3-4-9-16/h13-14H,2-6,8-12H2,1H3. The zero-order chi connectivity index (χ0) is 13.5. The average Bonchev–Trinajstić information content (AvgIpc) is 3.08. The van der Waals surface area contributed by atoms with Gasteiger partial charge in [-0.15, -0.1) is 0 Å². The summed E-state index contributed by atoms with van der Waals surface area (Å²) >= 11 is 0. The lowest BCUT2D eigenvalue weighted by molar-refractivity contribution is 0.0911. The number of ether oxygens (including phenoxy) is 1. The summed E-state index contributed by atoms with van der Waals surface area (Å²) in [5.74, 6) is 0.652. The maximum absolute atomic E-state index is 8.65. The number of hydrogen-bond acceptors (Lipinski definition) is 4. The van der Waals surface area contributed by atoms with E-state index in [0.717, 1.165) is 19.2 Å². The zero-order valence-electron chi connectivity index (χ0n) is 11.9. The Morgan fingerprint density at radius 3 is 2.89 bits per heavy atom. The molecule has 2 saturated heterocycles. The first kappa shape index (κ1) is 15.2. The molecule has 5 heteroatoms. The molecule has 2 rings (SSSR count). The molecule has 3 atom stereocenters. The van der Waals surface area contributed by atoms with Crippen molar-refractivity contribution in [2.45, 2.75) is 45.1 Å². The van der Waals surface area contributed by atoms with Crippen LogP contribution in [0.25, 0.3) is 0 Å². The molecule has 0 aromatic carbocycles. The number of rotatable bonds is 7. The predicted octanol–water partition coefficient (Wildman–Crippen LogP) is 3.14. The Hall–Kier alpha value is -0.200. The van der Waals surface area contributed by atoms with Crippen LogP contribution in [0.1, 0.15) is 39.0 Å². The highest BCUT2D eigenvalue weighted by molar-refractivity contribution is 7.50. The van der Waals surface area contributed by atoms with E-state index in [-0.39, 0.29) is 0 Å². The van der Waals surface area contributed by atoms with Crippen molar-refractivity contribution in [1.82, 2.24) is 4.67 Å². The summed E-state index contributed by atoms with van der Waals surface area (Å²) in [6.45, 7) is 6.04. The van der Waals surface area contributed by atoms with Crippen molar-refractivity contribution in [3.63, 3.8) is 0 Å². The minimum Gasteiger partial charge on any atom is -0.378 e. The SMILES string of the molecule is CCC1OCCC1CP(OCCC#N)N1CCCC1. The van der Waals surface area contributed by atoms with Crippen molar-refractivity contribution in [2.75, 3.05) is 32.5 Å². The van der Waals surface area contributed by atoms with Crippen molar-refractivity contribution in [3.8, 4) is 6.07 Å². The van der Waals surface area contributed by atoms with Gasteiger partial charge in [0.15, 0.2) is 0 Å². The van der Waals surface area contributed by atoms with E-state index in [1.165, 1.54) is 32.4 Å². The maximum atomic E-state index is 8.65. The van der Waals surface area contributed by atoms with Crippen molar-refractivity contribution < 1.29 is 9.26 Å². The topological polar surface area (TPSA) is 45.5 Å². The van der Waals surface area contributed by atoms with Crippen molar-refractivity contribution >= 4 is 8.30 Å². The second-order valence-corrected chi connectivity index (χ2v) is 7.20. The van der Waals surface area contributed by atoms with Gasteiger partial charge in [0.1, 0.15) is 8.30 Å². The van der Waals surface area contributed by atoms with E-state index in [4.69, 9.17) is 14.5 Å². The molecule has 0 N–H and O–H groups in total. The minimum absolute atomic E-state index is 0.423. The largest absolute Gasteiger partial charge is 0.378 e. The molecule has 108 valence electrons. The third kappa shape index (κ3) is 4.39. The first-order valence-corrected chi connectivity index (χ1v) is 8.88. The van der Waals surface area contributed by atoms with Gasteiger partial charge >= 0.3 is 0 Å². The van der Waals surface area contributed by atoms with Gasteiger partial charge in [-0.05, 0) is 31.6 Å². The van der Waals surface area contributed by atoms with Gasteiger partial charge in [0.25, 0.3) is 0 Å². The molecule has 2 aliphatic heterocycles. The van der Waals surface area contributed by atoms with Crippen molar-refractivity contribution in [1.29, 1.82) is 5.26 Å². The molecule has 19 heavy (non-hydrogen) atoms. The summed E-state index contributed by atoms with van der Waals surface area (Å²) in [4.78, 5) is 0. The Kier molecular flexibility index (Phi) is 6.53. The number of nitriles is 1. The highest BCUT2D eigenvalue weighted by Gasteiger charge is 2.32. The molecular weight excluding hydrogens is 259 g/mol. The molecule has 0 aromatic rings. The van der Waals surface area contributed by atoms with Gasteiger partial charge in [-0.1, -0.05) is 6.92 Å². The second-order valence-electron chi connectivity index (χ2n) is 5.30. The van der Waals surface area contributed by atoms with E-state index >= 15 is 0 Å². The maximum Gasteiger partial charge on any atom is 0.104 e. The van der Waals surface area contributed by atoms with Gasteiger partial charge in [-0.2, -0.15) is 5.26 Å². The van der Waals surface area contributed by atoms with Crippen LogP contribution in [0.5, 0.6) is 0 Å². The molecule has 0 amide bonds. The van der Waals surface area contributed by atoms with Crippen LogP contribution in [-0.2, 0) is 9.26 Å². The molecule has 0 spiro atoms. The normalized spacial score (nSPS) is 29.5. The van der Waals surface area contributed by atoms with E-state index in [0.29, 0.717) is 25.0 Å². The van der Waals surface area contributed by atoms with Gasteiger partial charge in [-0.3, -0.25) is 4.67 Å². The van der Waals surface area contributed by atoms with Gasteiger partial charge < -0.3 is 9.26 Å². The first-order chi connectivity index (χ1) is 9.35. The van der Waals surface area contributed by atoms with Crippen LogP contribution < -0.4 is 0 Å². The van der Waals surface area contributed by atoms with Crippen LogP contribution in [-0.4, -0.2) is 43.2 Å². The molecule has 0 saturated carbocycles. The van der Waals surface area contributed by atoms with Gasteiger partial charge in [0.2, 0.25) is 0 Å². The lowest BCUT2D eigenvalue weighted by Gasteiger charge is -2.30. The Labute approximate surface area is 117 Å². The summed E-state index contributed by atoms with van der Waals surface area (Å²) in [6, 6.07) is 2.17. The quantitative estimate of drug-likeness (QED) is 0.532. The lowest BCUT2D eigenvalue weighted by atomic mass is 10.0. The summed E-state index contributed by atoms with van der Waals surface area (Å²) in [5, 5.41) is 8.65. The van der Waals surface area contributed by atoms with E-state index < -0.39 is 8.30 Å². The van der Waals surface area contributed by atoms with E-state index in [9.17, 15) is 0 Å². The Bertz CT molecular complexity index is 302. The molecule has 3 unspecified atom stereocenters. The van der Waals surface area contributed by atoms with Gasteiger partial charge in [0.05, 0.1) is 25.2 Å². The molecule has 2 heterocycles. The molecule has 4 nitrogen and oxygen atoms in total. The molecule has 0 radical (unpaired) electrons. The van der Waals surface area contributed by atoms with Crippen LogP contribution in [0.3, 0.4) is 0 Å². The fourth-order valence-electron chi connectivity index (χ4n) is 2.92.